The summed E-state index contributed by atoms with van der Waals surface area (Å²) in [5, 5.41) is 23.3. The van der Waals surface area contributed by atoms with Gasteiger partial charge in [0.1, 0.15) is 54.4 Å². The number of rotatable bonds is 15. The van der Waals surface area contributed by atoms with Crippen molar-refractivity contribution in [3.05, 3.63) is 24.4 Å². The molecule has 0 aromatic carbocycles. The fourth-order valence-electron chi connectivity index (χ4n) is 10.9. The summed E-state index contributed by atoms with van der Waals surface area (Å²) in [4.78, 5) is 155. The lowest BCUT2D eigenvalue weighted by Crippen LogP contribution is -2.61. The first kappa shape index (κ1) is 77.0. The summed E-state index contributed by atoms with van der Waals surface area (Å²) in [5.74, 6) is -7.91. The molecule has 0 radical (unpaired) electrons. The summed E-state index contributed by atoms with van der Waals surface area (Å²) < 4.78 is 0. The molecule has 1 rings (SSSR count). The first-order chi connectivity index (χ1) is 39.2. The molecule has 12 atom stereocenters. The van der Waals surface area contributed by atoms with Crippen LogP contribution in [-0.2, 0) is 47.9 Å². The third-order valence-corrected chi connectivity index (χ3v) is 16.3. The molecule has 22 nitrogen and oxygen atoms in total. The smallest absolute Gasteiger partial charge is 0.246 e. The summed E-state index contributed by atoms with van der Waals surface area (Å²) in [6, 6.07) is -11.3. The number of hydrogen-bond donors (Lipinski definition) is 5. The lowest BCUT2D eigenvalue weighted by atomic mass is 9.90. The third-order valence-electron chi connectivity index (χ3n) is 16.3. The Kier molecular flexibility index (Phi) is 31.6. The van der Waals surface area contributed by atoms with Crippen LogP contribution < -0.4 is 21.3 Å². The maximum atomic E-state index is 15.2. The van der Waals surface area contributed by atoms with E-state index in [1.165, 1.54) is 78.5 Å². The fraction of sp³-hybridized carbons (Fsp3) is 0.778. The highest BCUT2D eigenvalue weighted by molar-refractivity contribution is 5.98. The molecule has 0 aliphatic carbocycles. The molecule has 0 aromatic rings. The van der Waals surface area contributed by atoms with E-state index in [9.17, 15) is 43.5 Å². The van der Waals surface area contributed by atoms with Crippen LogP contribution in [0.25, 0.3) is 0 Å². The van der Waals surface area contributed by atoms with Crippen LogP contribution in [0.15, 0.2) is 24.4 Å². The van der Waals surface area contributed by atoms with Crippen molar-refractivity contribution in [2.24, 2.45) is 41.4 Å². The van der Waals surface area contributed by atoms with Crippen LogP contribution in [-0.4, -0.2) is 221 Å². The molecule has 85 heavy (non-hydrogen) atoms. The minimum Gasteiger partial charge on any atom is -0.390 e. The molecule has 10 amide bonds. The fourth-order valence-corrected chi connectivity index (χ4v) is 10.9. The SMILES string of the molecule is C=C1C(C(C)C)N(C)C(=O)C(CC(C)C)N(C)C(=O)C(CC(C)C)N(C)C(=O)[C@@H](C)NC(=O)C(C)NC(=O)C(CC(C)C)N(C)C(=O)C(C(C)C)NC(=O)C(CC(C)C)N(C)C(=O)CN(C)C(=O)C(CC)NC(=O)C([C@H](O)[C@H](C)C/C=C/C)N1C. The zero-order valence-electron chi connectivity index (χ0n) is 56.4. The van der Waals surface area contributed by atoms with Crippen LogP contribution in [0.3, 0.4) is 0 Å². The molecule has 1 fully saturated rings. The van der Waals surface area contributed by atoms with Gasteiger partial charge in [0.2, 0.25) is 59.1 Å². The summed E-state index contributed by atoms with van der Waals surface area (Å²) in [5.41, 5.74) is 0.284. The van der Waals surface area contributed by atoms with Crippen LogP contribution in [0.5, 0.6) is 0 Å². The molecule has 1 saturated heterocycles. The van der Waals surface area contributed by atoms with E-state index in [0.29, 0.717) is 6.42 Å². The highest BCUT2D eigenvalue weighted by Crippen LogP contribution is 2.28. The second-order valence-electron chi connectivity index (χ2n) is 26.2. The third kappa shape index (κ3) is 21.7. The number of aliphatic hydroxyl groups is 1. The van der Waals surface area contributed by atoms with Gasteiger partial charge in [0, 0.05) is 55.0 Å². The van der Waals surface area contributed by atoms with Crippen molar-refractivity contribution >= 4 is 59.1 Å². The van der Waals surface area contributed by atoms with Crippen LogP contribution in [0, 0.1) is 41.4 Å². The van der Waals surface area contributed by atoms with E-state index in [0.717, 1.165) is 4.90 Å². The van der Waals surface area contributed by atoms with Crippen molar-refractivity contribution in [1.82, 2.24) is 55.6 Å². The highest BCUT2D eigenvalue weighted by atomic mass is 16.3. The minimum atomic E-state index is -1.36. The van der Waals surface area contributed by atoms with Gasteiger partial charge >= 0.3 is 0 Å². The van der Waals surface area contributed by atoms with Crippen molar-refractivity contribution in [2.75, 3.05) is 55.9 Å². The van der Waals surface area contributed by atoms with E-state index >= 15 is 9.59 Å². The van der Waals surface area contributed by atoms with Crippen LogP contribution in [0.2, 0.25) is 0 Å². The van der Waals surface area contributed by atoms with Crippen molar-refractivity contribution in [3.8, 4) is 0 Å². The number of carbonyl (C=O) groups excluding carboxylic acids is 10. The van der Waals surface area contributed by atoms with E-state index in [2.05, 4.69) is 27.8 Å². The van der Waals surface area contributed by atoms with Crippen molar-refractivity contribution in [2.45, 2.75) is 223 Å². The minimum absolute atomic E-state index is 0.0854. The van der Waals surface area contributed by atoms with Crippen molar-refractivity contribution in [3.63, 3.8) is 0 Å². The topological polar surface area (TPSA) is 262 Å². The predicted molar refractivity (Wildman–Crippen MR) is 333 cm³/mol. The second kappa shape index (κ2) is 34.9. The summed E-state index contributed by atoms with van der Waals surface area (Å²) >= 11 is 0. The molecule has 1 heterocycles. The summed E-state index contributed by atoms with van der Waals surface area (Å²) in [7, 11) is 10.5. The molecule has 9 unspecified atom stereocenters. The Morgan fingerprint density at radius 3 is 1.36 bits per heavy atom. The zero-order valence-corrected chi connectivity index (χ0v) is 56.4. The van der Waals surface area contributed by atoms with Crippen molar-refractivity contribution < 1.29 is 53.1 Å². The maximum Gasteiger partial charge on any atom is 0.246 e. The lowest BCUT2D eigenvalue weighted by molar-refractivity contribution is -0.152. The van der Waals surface area contributed by atoms with E-state index in [-0.39, 0.29) is 67.4 Å². The number of amides is 10. The molecule has 5 N–H and O–H groups in total. The summed E-state index contributed by atoms with van der Waals surface area (Å²) in [6.45, 7) is 34.6. The lowest BCUT2D eigenvalue weighted by Gasteiger charge is -2.44. The van der Waals surface area contributed by atoms with Gasteiger partial charge in [-0.15, -0.1) is 0 Å². The molecular weight excluding hydrogens is 1090 g/mol. The Labute approximate surface area is 510 Å². The Balaban J connectivity index is 4.32. The summed E-state index contributed by atoms with van der Waals surface area (Å²) in [6.07, 6.45) is 3.61. The number of allylic oxidation sites excluding steroid dienone is 2. The van der Waals surface area contributed by atoms with E-state index in [4.69, 9.17) is 0 Å². The van der Waals surface area contributed by atoms with Gasteiger partial charge < -0.3 is 60.7 Å². The predicted octanol–water partition coefficient (Wildman–Crippen LogP) is 4.26. The van der Waals surface area contributed by atoms with Crippen molar-refractivity contribution in [1.29, 1.82) is 0 Å². The second-order valence-corrected chi connectivity index (χ2v) is 26.2. The van der Waals surface area contributed by atoms with Gasteiger partial charge in [0.25, 0.3) is 0 Å². The molecule has 486 valence electrons. The normalized spacial score (nSPS) is 26.9. The Hall–Kier alpha value is -6.06. The van der Waals surface area contributed by atoms with Gasteiger partial charge in [0.15, 0.2) is 0 Å². The molecule has 0 aromatic heterocycles. The van der Waals surface area contributed by atoms with Crippen LogP contribution in [0.4, 0.5) is 0 Å². The van der Waals surface area contributed by atoms with Gasteiger partial charge in [-0.05, 0) is 101 Å². The molecule has 22 heteroatoms. The average Bonchev–Trinajstić information content (AvgIpc) is 2.53. The van der Waals surface area contributed by atoms with Gasteiger partial charge in [0.05, 0.1) is 18.7 Å². The number of likely N-dealkylation sites (N-methyl/N-ethyl adjacent to an activating group) is 7. The number of carbonyl (C=O) groups is 10. The molecule has 0 bridgehead atoms. The van der Waals surface area contributed by atoms with Crippen LogP contribution in [0.1, 0.15) is 156 Å². The monoisotopic (exact) mass is 1200 g/mol. The molecular formula is C63H113N11O11. The Bertz CT molecular complexity index is 2320. The maximum absolute atomic E-state index is 15.2. The largest absolute Gasteiger partial charge is 0.390 e. The number of nitrogens with one attached hydrogen (secondary N) is 4. The van der Waals surface area contributed by atoms with E-state index in [1.807, 2.05) is 88.3 Å². The number of nitrogens with zero attached hydrogens (tertiary/aromatic N) is 7. The average molecular weight is 1200 g/mol. The first-order valence-electron chi connectivity index (χ1n) is 30.7. The number of hydrogen-bond acceptors (Lipinski definition) is 12. The standard InChI is InChI=1S/C63H113N11O11/c1-26-28-29-41(15)54(76)53-58(80)66-45(27-2)60(82)68(19)34-50(75)70(21)46(30-35(3)4)57(79)67-51(39(11)12)63(85)71(22)47(31-36(5)6)56(78)64-42(16)55(77)65-43(17)59(81)72(23)48(32-37(7)8)61(83)73(24)49(33-38(9)10)62(84)74(25)52(40(13)14)44(18)69(53)20/h26,28,35-43,45-49,51-54,76H,18,27,29-34H2,1-17,19-25H3,(H,64,78)(H,65,77)(H,66,80)(H,67,79)/b28-26+/t41-,42?,43-,45?,46?,47?,48?,49?,51?,52?,53?,54-/m1/s1. The van der Waals surface area contributed by atoms with E-state index in [1.54, 1.807) is 41.8 Å². The van der Waals surface area contributed by atoms with Gasteiger partial charge in [-0.3, -0.25) is 47.9 Å². The number of aliphatic hydroxyl groups excluding tert-OH is 1. The Morgan fingerprint density at radius 1 is 0.494 bits per heavy atom. The molecule has 1 aliphatic heterocycles. The Morgan fingerprint density at radius 2 is 0.918 bits per heavy atom. The van der Waals surface area contributed by atoms with Crippen LogP contribution >= 0.6 is 0 Å². The molecule has 0 spiro atoms. The molecule has 1 aliphatic rings. The van der Waals surface area contributed by atoms with Gasteiger partial charge in [-0.2, -0.15) is 0 Å². The highest BCUT2D eigenvalue weighted by Gasteiger charge is 2.44. The van der Waals surface area contributed by atoms with Gasteiger partial charge in [-0.25, -0.2) is 0 Å². The zero-order chi connectivity index (χ0) is 66.0. The quantitative estimate of drug-likeness (QED) is 0.144. The van der Waals surface area contributed by atoms with E-state index < -0.39 is 144 Å². The van der Waals surface area contributed by atoms with Gasteiger partial charge in [-0.1, -0.05) is 116 Å². The first-order valence-corrected chi connectivity index (χ1v) is 30.7. The molecule has 0 saturated carbocycles.